The molecule has 0 fully saturated rings. The van der Waals surface area contributed by atoms with Crippen LogP contribution in [0.1, 0.15) is 22.5 Å². The standard InChI is InChI=1S/C23H16Cl2F3N3O/c1-13-8-15(9-16(12-29)22(32)30-19-5-3-4-18(24)11-19)14(2)31(13)21-10-17(23(26,27)28)6-7-20(21)25/h3-11H,1-2H3,(H,30,32)/b16-9+. The van der Waals surface area contributed by atoms with Crippen molar-refractivity contribution in [1.29, 1.82) is 5.26 Å². The van der Waals surface area contributed by atoms with Gasteiger partial charge in [0.05, 0.1) is 16.3 Å². The zero-order valence-corrected chi connectivity index (χ0v) is 18.4. The Balaban J connectivity index is 2.01. The van der Waals surface area contributed by atoms with E-state index in [0.29, 0.717) is 27.7 Å². The van der Waals surface area contributed by atoms with Gasteiger partial charge in [0.15, 0.2) is 0 Å². The number of nitriles is 1. The number of halogens is 5. The number of carbonyl (C=O) groups excluding carboxylic acids is 1. The first kappa shape index (κ1) is 23.5. The lowest BCUT2D eigenvalue weighted by Crippen LogP contribution is -2.13. The fourth-order valence-corrected chi connectivity index (χ4v) is 3.63. The van der Waals surface area contributed by atoms with Crippen molar-refractivity contribution in [3.05, 3.63) is 86.7 Å². The van der Waals surface area contributed by atoms with Crippen LogP contribution in [0.2, 0.25) is 10.0 Å². The largest absolute Gasteiger partial charge is 0.416 e. The summed E-state index contributed by atoms with van der Waals surface area (Å²) in [6, 6.07) is 13.0. The lowest BCUT2D eigenvalue weighted by atomic mass is 10.1. The number of rotatable bonds is 4. The second-order valence-corrected chi connectivity index (χ2v) is 7.80. The number of aryl methyl sites for hydroxylation is 1. The predicted octanol–water partition coefficient (Wildman–Crippen LogP) is 6.97. The Morgan fingerprint density at radius 2 is 1.84 bits per heavy atom. The van der Waals surface area contributed by atoms with Crippen molar-refractivity contribution in [3.8, 4) is 11.8 Å². The minimum atomic E-state index is -4.52. The first-order valence-corrected chi connectivity index (χ1v) is 10.0. The number of amides is 1. The molecule has 9 heteroatoms. The van der Waals surface area contributed by atoms with Gasteiger partial charge in [-0.3, -0.25) is 4.79 Å². The molecular formula is C23H16Cl2F3N3O. The van der Waals surface area contributed by atoms with Gasteiger partial charge in [0, 0.05) is 22.1 Å². The van der Waals surface area contributed by atoms with E-state index in [0.717, 1.165) is 12.1 Å². The highest BCUT2D eigenvalue weighted by atomic mass is 35.5. The molecule has 0 radical (unpaired) electrons. The number of hydrogen-bond donors (Lipinski definition) is 1. The summed E-state index contributed by atoms with van der Waals surface area (Å²) in [4.78, 5) is 12.5. The lowest BCUT2D eigenvalue weighted by Gasteiger charge is -2.15. The fraction of sp³-hybridized carbons (Fsp3) is 0.130. The van der Waals surface area contributed by atoms with Gasteiger partial charge in [-0.05, 0) is 68.0 Å². The van der Waals surface area contributed by atoms with E-state index < -0.39 is 17.6 Å². The quantitative estimate of drug-likeness (QED) is 0.325. The van der Waals surface area contributed by atoms with E-state index in [1.54, 1.807) is 42.7 Å². The van der Waals surface area contributed by atoms with Crippen molar-refractivity contribution >= 4 is 40.9 Å². The van der Waals surface area contributed by atoms with Gasteiger partial charge in [-0.25, -0.2) is 0 Å². The number of anilines is 1. The van der Waals surface area contributed by atoms with Crippen LogP contribution in [0.4, 0.5) is 18.9 Å². The van der Waals surface area contributed by atoms with Crippen LogP contribution in [0, 0.1) is 25.2 Å². The van der Waals surface area contributed by atoms with Crippen LogP contribution >= 0.6 is 23.2 Å². The second kappa shape index (κ2) is 9.11. The molecule has 32 heavy (non-hydrogen) atoms. The first-order valence-electron chi connectivity index (χ1n) is 9.26. The molecule has 0 saturated heterocycles. The molecule has 0 unspecified atom stereocenters. The maximum absolute atomic E-state index is 13.2. The van der Waals surface area contributed by atoms with Crippen LogP contribution in [0.5, 0.6) is 0 Å². The van der Waals surface area contributed by atoms with E-state index in [4.69, 9.17) is 23.2 Å². The lowest BCUT2D eigenvalue weighted by molar-refractivity contribution is -0.137. The average molecular weight is 478 g/mol. The van der Waals surface area contributed by atoms with E-state index in [9.17, 15) is 23.2 Å². The Bertz CT molecular complexity index is 1270. The van der Waals surface area contributed by atoms with Gasteiger partial charge in [-0.2, -0.15) is 18.4 Å². The van der Waals surface area contributed by atoms with Gasteiger partial charge >= 0.3 is 6.18 Å². The molecule has 1 amide bonds. The van der Waals surface area contributed by atoms with E-state index >= 15 is 0 Å². The zero-order chi connectivity index (χ0) is 23.6. The monoisotopic (exact) mass is 477 g/mol. The second-order valence-electron chi connectivity index (χ2n) is 6.96. The molecule has 0 atom stereocenters. The van der Waals surface area contributed by atoms with Crippen LogP contribution in [-0.2, 0) is 11.0 Å². The third-order valence-electron chi connectivity index (χ3n) is 4.73. The Morgan fingerprint density at radius 1 is 1.12 bits per heavy atom. The summed E-state index contributed by atoms with van der Waals surface area (Å²) in [5, 5.41) is 12.6. The molecular weight excluding hydrogens is 462 g/mol. The molecule has 0 aliphatic heterocycles. The fourth-order valence-electron chi connectivity index (χ4n) is 3.23. The summed E-state index contributed by atoms with van der Waals surface area (Å²) < 4.78 is 41.1. The van der Waals surface area contributed by atoms with Gasteiger partial charge in [0.2, 0.25) is 0 Å². The minimum absolute atomic E-state index is 0.134. The van der Waals surface area contributed by atoms with E-state index in [-0.39, 0.29) is 16.3 Å². The smallest absolute Gasteiger partial charge is 0.321 e. The average Bonchev–Trinajstić information content (AvgIpc) is 2.98. The summed E-state index contributed by atoms with van der Waals surface area (Å²) >= 11 is 12.1. The van der Waals surface area contributed by atoms with Crippen molar-refractivity contribution in [2.75, 3.05) is 5.32 Å². The molecule has 3 aromatic rings. The van der Waals surface area contributed by atoms with Crippen molar-refractivity contribution in [1.82, 2.24) is 4.57 Å². The highest BCUT2D eigenvalue weighted by molar-refractivity contribution is 6.32. The molecule has 1 N–H and O–H groups in total. The molecule has 0 aliphatic carbocycles. The van der Waals surface area contributed by atoms with E-state index in [2.05, 4.69) is 5.32 Å². The summed E-state index contributed by atoms with van der Waals surface area (Å²) in [6.45, 7) is 3.36. The van der Waals surface area contributed by atoms with Crippen LogP contribution in [-0.4, -0.2) is 10.5 Å². The predicted molar refractivity (Wildman–Crippen MR) is 119 cm³/mol. The Kier molecular flexibility index (Phi) is 6.68. The number of hydrogen-bond acceptors (Lipinski definition) is 2. The van der Waals surface area contributed by atoms with Crippen molar-refractivity contribution in [2.24, 2.45) is 0 Å². The summed E-state index contributed by atoms with van der Waals surface area (Å²) in [6.07, 6.45) is -3.15. The summed E-state index contributed by atoms with van der Waals surface area (Å²) in [5.41, 5.74) is 1.16. The molecule has 0 spiro atoms. The number of alkyl halides is 3. The molecule has 4 nitrogen and oxygen atoms in total. The normalized spacial score (nSPS) is 11.9. The highest BCUT2D eigenvalue weighted by Crippen LogP contribution is 2.35. The van der Waals surface area contributed by atoms with Gasteiger partial charge in [-0.1, -0.05) is 29.3 Å². The molecule has 0 saturated carbocycles. The van der Waals surface area contributed by atoms with Crippen LogP contribution in [0.25, 0.3) is 11.8 Å². The molecule has 164 valence electrons. The molecule has 1 heterocycles. The number of nitrogens with one attached hydrogen (secondary N) is 1. The van der Waals surface area contributed by atoms with Crippen molar-refractivity contribution < 1.29 is 18.0 Å². The number of aromatic nitrogens is 1. The highest BCUT2D eigenvalue weighted by Gasteiger charge is 2.31. The van der Waals surface area contributed by atoms with Gasteiger partial charge in [-0.15, -0.1) is 0 Å². The Morgan fingerprint density at radius 3 is 2.47 bits per heavy atom. The van der Waals surface area contributed by atoms with Gasteiger partial charge in [0.25, 0.3) is 5.91 Å². The van der Waals surface area contributed by atoms with Crippen LogP contribution in [0.15, 0.2) is 54.1 Å². The zero-order valence-electron chi connectivity index (χ0n) is 16.9. The molecule has 1 aromatic heterocycles. The van der Waals surface area contributed by atoms with Crippen LogP contribution < -0.4 is 5.32 Å². The van der Waals surface area contributed by atoms with E-state index in [1.807, 2.05) is 6.07 Å². The number of nitrogens with zero attached hydrogens (tertiary/aromatic N) is 2. The van der Waals surface area contributed by atoms with Gasteiger partial charge < -0.3 is 9.88 Å². The third kappa shape index (κ3) is 4.98. The number of carbonyl (C=O) groups is 1. The first-order chi connectivity index (χ1) is 15.0. The molecule has 0 bridgehead atoms. The SMILES string of the molecule is Cc1cc(/C=C(\C#N)C(=O)Nc2cccc(Cl)c2)c(C)n1-c1cc(C(F)(F)F)ccc1Cl. The summed E-state index contributed by atoms with van der Waals surface area (Å²) in [7, 11) is 0. The maximum atomic E-state index is 13.2. The molecule has 0 aliphatic rings. The maximum Gasteiger partial charge on any atom is 0.416 e. The Hall–Kier alpha value is -3.21. The molecule has 3 rings (SSSR count). The Labute approximate surface area is 192 Å². The summed E-state index contributed by atoms with van der Waals surface area (Å²) in [5.74, 6) is -0.642. The number of benzene rings is 2. The van der Waals surface area contributed by atoms with Crippen molar-refractivity contribution in [2.45, 2.75) is 20.0 Å². The van der Waals surface area contributed by atoms with E-state index in [1.165, 1.54) is 18.2 Å². The topological polar surface area (TPSA) is 57.8 Å². The minimum Gasteiger partial charge on any atom is -0.321 e. The third-order valence-corrected chi connectivity index (χ3v) is 5.29. The van der Waals surface area contributed by atoms with Gasteiger partial charge in [0.1, 0.15) is 11.6 Å². The molecule has 2 aromatic carbocycles. The van der Waals surface area contributed by atoms with Crippen molar-refractivity contribution in [3.63, 3.8) is 0 Å². The van der Waals surface area contributed by atoms with Crippen LogP contribution in [0.3, 0.4) is 0 Å².